The molecule has 78 valence electrons. The second-order valence-electron chi connectivity index (χ2n) is 4.20. The summed E-state index contributed by atoms with van der Waals surface area (Å²) in [5.41, 5.74) is 1.78. The molecule has 1 saturated carbocycles. The van der Waals surface area contributed by atoms with Crippen molar-refractivity contribution in [3.05, 3.63) is 42.0 Å². The molecule has 2 rings (SSSR count). The average Bonchev–Trinajstić information content (AvgIpc) is 3.09. The van der Waals surface area contributed by atoms with E-state index in [0.29, 0.717) is 6.42 Å². The number of hydrogen-bond acceptors (Lipinski definition) is 1. The molecule has 0 saturated heterocycles. The Kier molecular flexibility index (Phi) is 3.00. The smallest absolute Gasteiger partial charge is 0.163 e. The van der Waals surface area contributed by atoms with Gasteiger partial charge in [-0.25, -0.2) is 0 Å². The van der Waals surface area contributed by atoms with E-state index in [4.69, 9.17) is 0 Å². The molecule has 0 aromatic heterocycles. The predicted molar refractivity (Wildman–Crippen MR) is 62.8 cm³/mol. The third kappa shape index (κ3) is 2.56. The molecule has 0 unspecified atom stereocenters. The predicted octanol–water partition coefficient (Wildman–Crippen LogP) is 3.70. The van der Waals surface area contributed by atoms with Crippen LogP contribution < -0.4 is 0 Å². The molecule has 0 aliphatic heterocycles. The first kappa shape index (κ1) is 10.2. The summed E-state index contributed by atoms with van der Waals surface area (Å²) in [7, 11) is 0. The van der Waals surface area contributed by atoms with E-state index in [2.05, 4.69) is 6.58 Å². The Labute approximate surface area is 90.8 Å². The zero-order valence-corrected chi connectivity index (χ0v) is 8.91. The van der Waals surface area contributed by atoms with Crippen molar-refractivity contribution >= 4 is 11.9 Å². The van der Waals surface area contributed by atoms with Gasteiger partial charge in [-0.1, -0.05) is 49.8 Å². The van der Waals surface area contributed by atoms with Crippen molar-refractivity contribution in [2.75, 3.05) is 0 Å². The second kappa shape index (κ2) is 4.43. The average molecular weight is 200 g/mol. The monoisotopic (exact) mass is 200 g/mol. The fraction of sp³-hybridized carbons (Fsp3) is 0.357. The Morgan fingerprint density at radius 2 is 2.13 bits per heavy atom. The molecule has 0 spiro atoms. The van der Waals surface area contributed by atoms with Crippen LogP contribution in [0, 0.1) is 5.92 Å². The lowest BCUT2D eigenvalue weighted by atomic mass is 10.00. The van der Waals surface area contributed by atoms with Gasteiger partial charge in [0.2, 0.25) is 0 Å². The standard InChI is InChI=1S/C14H16O/c1-2-12-5-3-4-6-13(12)14(15)10-9-11-7-8-11/h2-6,11H,1,7-10H2. The molecule has 1 aliphatic rings. The van der Waals surface area contributed by atoms with E-state index < -0.39 is 0 Å². The summed E-state index contributed by atoms with van der Waals surface area (Å²) in [5, 5.41) is 0. The number of rotatable bonds is 5. The molecule has 1 aromatic carbocycles. The van der Waals surface area contributed by atoms with Gasteiger partial charge in [0.15, 0.2) is 5.78 Å². The minimum Gasteiger partial charge on any atom is -0.294 e. The summed E-state index contributed by atoms with van der Waals surface area (Å²) in [6.07, 6.45) is 6.14. The molecule has 0 N–H and O–H groups in total. The topological polar surface area (TPSA) is 17.1 Å². The molecule has 0 atom stereocenters. The SMILES string of the molecule is C=Cc1ccccc1C(=O)CCC1CC1. The summed E-state index contributed by atoms with van der Waals surface area (Å²) in [6, 6.07) is 7.69. The van der Waals surface area contributed by atoms with Gasteiger partial charge >= 0.3 is 0 Å². The summed E-state index contributed by atoms with van der Waals surface area (Å²) >= 11 is 0. The molecular weight excluding hydrogens is 184 g/mol. The fourth-order valence-electron chi connectivity index (χ4n) is 1.81. The van der Waals surface area contributed by atoms with Gasteiger partial charge in [0, 0.05) is 12.0 Å². The summed E-state index contributed by atoms with van der Waals surface area (Å²) in [6.45, 7) is 3.73. The number of Topliss-reactive ketones (excluding diaryl/α,β-unsaturated/α-hetero) is 1. The number of ketones is 1. The number of benzene rings is 1. The molecular formula is C14H16O. The highest BCUT2D eigenvalue weighted by atomic mass is 16.1. The highest BCUT2D eigenvalue weighted by molar-refractivity contribution is 5.99. The summed E-state index contributed by atoms with van der Waals surface area (Å²) in [5.74, 6) is 1.09. The third-order valence-electron chi connectivity index (χ3n) is 2.96. The van der Waals surface area contributed by atoms with E-state index >= 15 is 0 Å². The number of carbonyl (C=O) groups is 1. The minimum atomic E-state index is 0.261. The Morgan fingerprint density at radius 1 is 1.40 bits per heavy atom. The van der Waals surface area contributed by atoms with Crippen LogP contribution in [-0.4, -0.2) is 5.78 Å². The lowest BCUT2D eigenvalue weighted by Crippen LogP contribution is -2.01. The molecule has 0 amide bonds. The summed E-state index contributed by atoms with van der Waals surface area (Å²) < 4.78 is 0. The lowest BCUT2D eigenvalue weighted by molar-refractivity contribution is 0.0978. The third-order valence-corrected chi connectivity index (χ3v) is 2.96. The second-order valence-corrected chi connectivity index (χ2v) is 4.20. The zero-order chi connectivity index (χ0) is 10.7. The summed E-state index contributed by atoms with van der Waals surface area (Å²) in [4.78, 5) is 11.9. The first-order chi connectivity index (χ1) is 7.31. The van der Waals surface area contributed by atoms with Crippen molar-refractivity contribution in [3.8, 4) is 0 Å². The van der Waals surface area contributed by atoms with E-state index in [1.165, 1.54) is 12.8 Å². The van der Waals surface area contributed by atoms with Crippen molar-refractivity contribution in [3.63, 3.8) is 0 Å². The van der Waals surface area contributed by atoms with Crippen molar-refractivity contribution in [1.82, 2.24) is 0 Å². The Bertz CT molecular complexity index is 375. The first-order valence-corrected chi connectivity index (χ1v) is 5.56. The Hall–Kier alpha value is -1.37. The van der Waals surface area contributed by atoms with E-state index in [1.807, 2.05) is 24.3 Å². The molecule has 1 aliphatic carbocycles. The van der Waals surface area contributed by atoms with Crippen LogP contribution >= 0.6 is 0 Å². The van der Waals surface area contributed by atoms with Crippen LogP contribution in [-0.2, 0) is 0 Å². The van der Waals surface area contributed by atoms with Crippen molar-refractivity contribution in [1.29, 1.82) is 0 Å². The molecule has 15 heavy (non-hydrogen) atoms. The quantitative estimate of drug-likeness (QED) is 0.662. The van der Waals surface area contributed by atoms with Crippen LogP contribution in [0.3, 0.4) is 0 Å². The lowest BCUT2D eigenvalue weighted by Gasteiger charge is -2.04. The maximum Gasteiger partial charge on any atom is 0.163 e. The highest BCUT2D eigenvalue weighted by Gasteiger charge is 2.22. The van der Waals surface area contributed by atoms with Gasteiger partial charge < -0.3 is 0 Å². The van der Waals surface area contributed by atoms with Crippen molar-refractivity contribution in [2.45, 2.75) is 25.7 Å². The van der Waals surface area contributed by atoms with E-state index in [9.17, 15) is 4.79 Å². The van der Waals surface area contributed by atoms with Gasteiger partial charge in [-0.2, -0.15) is 0 Å². The van der Waals surface area contributed by atoms with Crippen LogP contribution in [0.5, 0.6) is 0 Å². The molecule has 1 fully saturated rings. The van der Waals surface area contributed by atoms with Crippen molar-refractivity contribution < 1.29 is 4.79 Å². The van der Waals surface area contributed by atoms with E-state index in [0.717, 1.165) is 23.5 Å². The van der Waals surface area contributed by atoms with Gasteiger partial charge in [-0.05, 0) is 17.9 Å². The van der Waals surface area contributed by atoms with Gasteiger partial charge in [-0.15, -0.1) is 0 Å². The maximum absolute atomic E-state index is 11.9. The van der Waals surface area contributed by atoms with Gasteiger partial charge in [-0.3, -0.25) is 4.79 Å². The first-order valence-electron chi connectivity index (χ1n) is 5.56. The highest BCUT2D eigenvalue weighted by Crippen LogP contribution is 2.34. The normalized spacial score (nSPS) is 14.9. The molecule has 0 bridgehead atoms. The molecule has 1 aromatic rings. The molecule has 0 radical (unpaired) electrons. The minimum absolute atomic E-state index is 0.261. The van der Waals surface area contributed by atoms with E-state index in [1.54, 1.807) is 6.08 Å². The van der Waals surface area contributed by atoms with Crippen molar-refractivity contribution in [2.24, 2.45) is 5.92 Å². The van der Waals surface area contributed by atoms with Gasteiger partial charge in [0.05, 0.1) is 0 Å². The van der Waals surface area contributed by atoms with Gasteiger partial charge in [0.1, 0.15) is 0 Å². The van der Waals surface area contributed by atoms with Crippen LogP contribution in [0.2, 0.25) is 0 Å². The zero-order valence-electron chi connectivity index (χ0n) is 8.91. The number of carbonyl (C=O) groups excluding carboxylic acids is 1. The largest absolute Gasteiger partial charge is 0.294 e. The number of hydrogen-bond donors (Lipinski definition) is 0. The maximum atomic E-state index is 11.9. The van der Waals surface area contributed by atoms with Crippen LogP contribution in [0.1, 0.15) is 41.6 Å². The Balaban J connectivity index is 2.05. The molecule has 1 nitrogen and oxygen atoms in total. The van der Waals surface area contributed by atoms with Crippen LogP contribution in [0.25, 0.3) is 6.08 Å². The van der Waals surface area contributed by atoms with Gasteiger partial charge in [0.25, 0.3) is 0 Å². The van der Waals surface area contributed by atoms with E-state index in [-0.39, 0.29) is 5.78 Å². The Morgan fingerprint density at radius 3 is 2.80 bits per heavy atom. The fourth-order valence-corrected chi connectivity index (χ4v) is 1.81. The van der Waals surface area contributed by atoms with Crippen LogP contribution in [0.4, 0.5) is 0 Å². The van der Waals surface area contributed by atoms with Crippen LogP contribution in [0.15, 0.2) is 30.8 Å². The molecule has 1 heteroatoms. The molecule has 0 heterocycles.